The lowest BCUT2D eigenvalue weighted by Crippen LogP contribution is -2.39. The third-order valence-electron chi connectivity index (χ3n) is 4.54. The minimum Gasteiger partial charge on any atom is -0.367 e. The number of carbonyl (C=O) groups excluding carboxylic acids is 1. The quantitative estimate of drug-likeness (QED) is 0.870. The van der Waals surface area contributed by atoms with Crippen molar-refractivity contribution in [1.29, 1.82) is 0 Å². The Morgan fingerprint density at radius 3 is 2.96 bits per heavy atom. The Kier molecular flexibility index (Phi) is 5.36. The van der Waals surface area contributed by atoms with Gasteiger partial charge in [0.25, 0.3) is 5.91 Å². The molecule has 0 aliphatic carbocycles. The molecule has 1 saturated heterocycles. The maximum atomic E-state index is 12.5. The zero-order valence-corrected chi connectivity index (χ0v) is 14.6. The van der Waals surface area contributed by atoms with Crippen LogP contribution in [0.5, 0.6) is 0 Å². The van der Waals surface area contributed by atoms with Crippen LogP contribution < -0.4 is 10.2 Å². The Hall–Kier alpha value is -2.07. The summed E-state index contributed by atoms with van der Waals surface area (Å²) >= 11 is 6.11. The van der Waals surface area contributed by atoms with Gasteiger partial charge in [0.05, 0.1) is 28.2 Å². The minimum absolute atomic E-state index is 0.192. The summed E-state index contributed by atoms with van der Waals surface area (Å²) in [6, 6.07) is 9.67. The Morgan fingerprint density at radius 2 is 2.17 bits per heavy atom. The van der Waals surface area contributed by atoms with Crippen LogP contribution in [0.25, 0.3) is 0 Å². The number of hydrogen-bond acceptors (Lipinski definition) is 3. The molecule has 126 valence electrons. The van der Waals surface area contributed by atoms with Gasteiger partial charge >= 0.3 is 0 Å². The number of benzene rings is 1. The molecule has 1 N–H and O–H groups in total. The molecular weight excluding hydrogens is 322 g/mol. The minimum atomic E-state index is -0.192. The molecule has 0 spiro atoms. The molecule has 4 nitrogen and oxygen atoms in total. The zero-order valence-electron chi connectivity index (χ0n) is 13.8. The number of aromatic nitrogens is 1. The van der Waals surface area contributed by atoms with Gasteiger partial charge in [-0.3, -0.25) is 9.78 Å². The number of rotatable bonds is 4. The predicted octanol–water partition coefficient (Wildman–Crippen LogP) is 4.76. The first-order chi connectivity index (χ1) is 11.7. The number of amides is 1. The van der Waals surface area contributed by atoms with E-state index < -0.39 is 0 Å². The SMILES string of the molecule is CCC1CCCCN1c1cncc(C(=O)Nc2ccccc2Cl)c1. The molecular formula is C19H22ClN3O. The summed E-state index contributed by atoms with van der Waals surface area (Å²) in [5.74, 6) is -0.192. The topological polar surface area (TPSA) is 45.2 Å². The van der Waals surface area contributed by atoms with E-state index in [1.807, 2.05) is 24.4 Å². The molecule has 1 amide bonds. The largest absolute Gasteiger partial charge is 0.367 e. The van der Waals surface area contributed by atoms with E-state index in [-0.39, 0.29) is 5.91 Å². The van der Waals surface area contributed by atoms with Crippen LogP contribution in [0.15, 0.2) is 42.7 Å². The molecule has 1 aromatic carbocycles. The second-order valence-corrected chi connectivity index (χ2v) is 6.52. The van der Waals surface area contributed by atoms with Crippen LogP contribution in [0, 0.1) is 0 Å². The monoisotopic (exact) mass is 343 g/mol. The number of pyridine rings is 1. The average Bonchev–Trinajstić information content (AvgIpc) is 2.63. The van der Waals surface area contributed by atoms with Crippen molar-refractivity contribution in [2.75, 3.05) is 16.8 Å². The summed E-state index contributed by atoms with van der Waals surface area (Å²) in [4.78, 5) is 19.2. The van der Waals surface area contributed by atoms with Gasteiger partial charge in [-0.25, -0.2) is 0 Å². The molecule has 0 saturated carbocycles. The van der Waals surface area contributed by atoms with Crippen LogP contribution in [-0.4, -0.2) is 23.5 Å². The van der Waals surface area contributed by atoms with E-state index >= 15 is 0 Å². The highest BCUT2D eigenvalue weighted by Crippen LogP contribution is 2.27. The summed E-state index contributed by atoms with van der Waals surface area (Å²) < 4.78 is 0. The predicted molar refractivity (Wildman–Crippen MR) is 98.9 cm³/mol. The molecule has 1 aromatic heterocycles. The molecule has 0 bridgehead atoms. The molecule has 1 aliphatic rings. The molecule has 2 aromatic rings. The lowest BCUT2D eigenvalue weighted by atomic mass is 9.99. The molecule has 1 aliphatic heterocycles. The fourth-order valence-electron chi connectivity index (χ4n) is 3.23. The molecule has 0 radical (unpaired) electrons. The average molecular weight is 344 g/mol. The summed E-state index contributed by atoms with van der Waals surface area (Å²) in [5, 5.41) is 3.38. The third-order valence-corrected chi connectivity index (χ3v) is 4.87. The van der Waals surface area contributed by atoms with Crippen molar-refractivity contribution in [1.82, 2.24) is 4.98 Å². The van der Waals surface area contributed by atoms with Gasteiger partial charge in [-0.15, -0.1) is 0 Å². The summed E-state index contributed by atoms with van der Waals surface area (Å²) in [5.41, 5.74) is 2.18. The van der Waals surface area contributed by atoms with Crippen LogP contribution in [0.3, 0.4) is 0 Å². The van der Waals surface area contributed by atoms with E-state index in [1.165, 1.54) is 19.3 Å². The van der Waals surface area contributed by atoms with Crippen molar-refractivity contribution in [3.63, 3.8) is 0 Å². The van der Waals surface area contributed by atoms with Crippen molar-refractivity contribution < 1.29 is 4.79 Å². The normalized spacial score (nSPS) is 17.6. The van der Waals surface area contributed by atoms with E-state index in [2.05, 4.69) is 22.1 Å². The molecule has 3 rings (SSSR count). The van der Waals surface area contributed by atoms with E-state index in [4.69, 9.17) is 11.6 Å². The number of carbonyl (C=O) groups is 1. The molecule has 2 heterocycles. The van der Waals surface area contributed by atoms with Gasteiger partial charge in [0.2, 0.25) is 0 Å². The molecule has 1 unspecified atom stereocenters. The fraction of sp³-hybridized carbons (Fsp3) is 0.368. The highest BCUT2D eigenvalue weighted by molar-refractivity contribution is 6.33. The van der Waals surface area contributed by atoms with E-state index in [0.717, 1.165) is 18.7 Å². The number of nitrogens with one attached hydrogen (secondary N) is 1. The van der Waals surface area contributed by atoms with Gasteiger partial charge in [-0.1, -0.05) is 30.7 Å². The summed E-state index contributed by atoms with van der Waals surface area (Å²) in [6.07, 6.45) is 8.21. The first-order valence-corrected chi connectivity index (χ1v) is 8.84. The molecule has 1 fully saturated rings. The number of anilines is 2. The van der Waals surface area contributed by atoms with Crippen LogP contribution in [0.2, 0.25) is 5.02 Å². The second kappa shape index (κ2) is 7.67. The van der Waals surface area contributed by atoms with E-state index in [1.54, 1.807) is 18.3 Å². The smallest absolute Gasteiger partial charge is 0.257 e. The van der Waals surface area contributed by atoms with Crippen molar-refractivity contribution in [2.24, 2.45) is 0 Å². The summed E-state index contributed by atoms with van der Waals surface area (Å²) in [7, 11) is 0. The van der Waals surface area contributed by atoms with E-state index in [0.29, 0.717) is 22.3 Å². The van der Waals surface area contributed by atoms with Crippen LogP contribution >= 0.6 is 11.6 Å². The van der Waals surface area contributed by atoms with E-state index in [9.17, 15) is 4.79 Å². The van der Waals surface area contributed by atoms with Gasteiger partial charge in [0.15, 0.2) is 0 Å². The van der Waals surface area contributed by atoms with Crippen LogP contribution in [0.4, 0.5) is 11.4 Å². The number of piperidine rings is 1. The molecule has 5 heteroatoms. The van der Waals surface area contributed by atoms with Gasteiger partial charge in [-0.2, -0.15) is 0 Å². The van der Waals surface area contributed by atoms with Gasteiger partial charge < -0.3 is 10.2 Å². The lowest BCUT2D eigenvalue weighted by Gasteiger charge is -2.37. The number of hydrogen-bond donors (Lipinski definition) is 1. The molecule has 1 atom stereocenters. The lowest BCUT2D eigenvalue weighted by molar-refractivity contribution is 0.102. The van der Waals surface area contributed by atoms with Gasteiger partial charge in [0.1, 0.15) is 0 Å². The zero-order chi connectivity index (χ0) is 16.9. The number of para-hydroxylation sites is 1. The summed E-state index contributed by atoms with van der Waals surface area (Å²) in [6.45, 7) is 3.24. The maximum Gasteiger partial charge on any atom is 0.257 e. The Balaban J connectivity index is 1.79. The number of halogens is 1. The third kappa shape index (κ3) is 3.70. The van der Waals surface area contributed by atoms with Gasteiger partial charge in [-0.05, 0) is 43.9 Å². The van der Waals surface area contributed by atoms with Crippen LogP contribution in [-0.2, 0) is 0 Å². The highest BCUT2D eigenvalue weighted by atomic mass is 35.5. The first kappa shape index (κ1) is 16.8. The van der Waals surface area contributed by atoms with Crippen molar-refractivity contribution in [3.05, 3.63) is 53.3 Å². The van der Waals surface area contributed by atoms with Crippen LogP contribution in [0.1, 0.15) is 43.0 Å². The van der Waals surface area contributed by atoms with Gasteiger partial charge in [0, 0.05) is 18.8 Å². The van der Waals surface area contributed by atoms with Crippen molar-refractivity contribution >= 4 is 28.9 Å². The van der Waals surface area contributed by atoms with Crippen molar-refractivity contribution in [2.45, 2.75) is 38.6 Å². The fourth-order valence-corrected chi connectivity index (χ4v) is 3.41. The second-order valence-electron chi connectivity index (χ2n) is 6.12. The maximum absolute atomic E-state index is 12.5. The highest BCUT2D eigenvalue weighted by Gasteiger charge is 2.22. The number of nitrogens with zero attached hydrogens (tertiary/aromatic N) is 2. The Labute approximate surface area is 147 Å². The Bertz CT molecular complexity index is 719. The molecule has 24 heavy (non-hydrogen) atoms. The Morgan fingerprint density at radius 1 is 1.33 bits per heavy atom. The first-order valence-electron chi connectivity index (χ1n) is 8.46. The van der Waals surface area contributed by atoms with Crippen molar-refractivity contribution in [3.8, 4) is 0 Å². The standard InChI is InChI=1S/C19H22ClN3O/c1-2-15-7-5-6-10-23(15)16-11-14(12-21-13-16)19(24)22-18-9-4-3-8-17(18)20/h3-4,8-9,11-13,15H,2,5-7,10H2,1H3,(H,22,24).